The highest BCUT2D eigenvalue weighted by atomic mass is 16.5. The van der Waals surface area contributed by atoms with Gasteiger partial charge in [0.1, 0.15) is 0 Å². The van der Waals surface area contributed by atoms with Gasteiger partial charge in [-0.2, -0.15) is 0 Å². The molecule has 0 atom stereocenters. The van der Waals surface area contributed by atoms with Crippen LogP contribution in [0, 0.1) is 0 Å². The van der Waals surface area contributed by atoms with E-state index in [0.29, 0.717) is 0 Å². The molecular weight excluding hydrogens is 176 g/mol. The van der Waals surface area contributed by atoms with Crippen molar-refractivity contribution >= 4 is 11.9 Å². The predicted octanol–water partition coefficient (Wildman–Crippen LogP) is 0.507. The van der Waals surface area contributed by atoms with E-state index in [2.05, 4.69) is 6.58 Å². The Morgan fingerprint density at radius 1 is 1.31 bits per heavy atom. The molecule has 0 radical (unpaired) electrons. The molecule has 0 spiro atoms. The second kappa shape index (κ2) is 6.19. The van der Waals surface area contributed by atoms with Gasteiger partial charge >= 0.3 is 11.9 Å². The fourth-order valence-corrected chi connectivity index (χ4v) is 0.784. The Labute approximate surface area is 75.6 Å². The van der Waals surface area contributed by atoms with E-state index < -0.39 is 18.0 Å². The maximum Gasteiger partial charge on any atom is 0.305 e. The molecule has 0 saturated heterocycles. The molecular formula is C8H12O5. The summed E-state index contributed by atoms with van der Waals surface area (Å²) < 4.78 is 4.93. The predicted molar refractivity (Wildman–Crippen MR) is 44.4 cm³/mol. The second-order valence-corrected chi connectivity index (χ2v) is 2.44. The van der Waals surface area contributed by atoms with Gasteiger partial charge in [-0.05, 0) is 0 Å². The van der Waals surface area contributed by atoms with Crippen LogP contribution in [0.2, 0.25) is 0 Å². The molecule has 2 N–H and O–H groups in total. The van der Waals surface area contributed by atoms with Crippen LogP contribution in [-0.2, 0) is 14.3 Å². The van der Waals surface area contributed by atoms with Crippen LogP contribution >= 0.6 is 0 Å². The summed E-state index contributed by atoms with van der Waals surface area (Å²) in [4.78, 5) is 20.5. The van der Waals surface area contributed by atoms with Gasteiger partial charge in [-0.1, -0.05) is 6.08 Å². The number of rotatable bonds is 7. The third kappa shape index (κ3) is 7.02. The molecule has 0 unspecified atom stereocenters. The Morgan fingerprint density at radius 3 is 2.08 bits per heavy atom. The molecule has 5 heteroatoms. The lowest BCUT2D eigenvalue weighted by atomic mass is 10.2. The number of ether oxygens (including phenoxy) is 1. The summed E-state index contributed by atoms with van der Waals surface area (Å²) in [6.45, 7) is 3.53. The van der Waals surface area contributed by atoms with E-state index in [0.717, 1.165) is 0 Å². The largest absolute Gasteiger partial charge is 0.481 e. The molecule has 0 aromatic heterocycles. The maximum absolute atomic E-state index is 10.3. The zero-order chi connectivity index (χ0) is 10.3. The van der Waals surface area contributed by atoms with Crippen molar-refractivity contribution in [2.45, 2.75) is 18.9 Å². The molecule has 74 valence electrons. The summed E-state index contributed by atoms with van der Waals surface area (Å²) in [6, 6.07) is 0. The minimum atomic E-state index is -1.07. The van der Waals surface area contributed by atoms with Crippen molar-refractivity contribution in [3.63, 3.8) is 0 Å². The molecule has 0 bridgehead atoms. The van der Waals surface area contributed by atoms with Gasteiger partial charge in [0.2, 0.25) is 0 Å². The number of carboxylic acids is 2. The van der Waals surface area contributed by atoms with Gasteiger partial charge in [0, 0.05) is 0 Å². The van der Waals surface area contributed by atoms with Crippen LogP contribution in [0.3, 0.4) is 0 Å². The van der Waals surface area contributed by atoms with Gasteiger partial charge in [-0.15, -0.1) is 6.58 Å². The fourth-order valence-electron chi connectivity index (χ4n) is 0.784. The first-order valence-electron chi connectivity index (χ1n) is 3.72. The first-order valence-corrected chi connectivity index (χ1v) is 3.72. The molecule has 5 nitrogen and oxygen atoms in total. The normalized spacial score (nSPS) is 9.92. The van der Waals surface area contributed by atoms with E-state index in [1.54, 1.807) is 0 Å². The molecule has 0 rings (SSSR count). The zero-order valence-corrected chi connectivity index (χ0v) is 7.10. The summed E-state index contributed by atoms with van der Waals surface area (Å²) in [7, 11) is 0. The Balaban J connectivity index is 3.93. The maximum atomic E-state index is 10.3. The van der Waals surface area contributed by atoms with Crippen LogP contribution < -0.4 is 0 Å². The number of carbonyl (C=O) groups is 2. The Morgan fingerprint density at radius 2 is 1.77 bits per heavy atom. The summed E-state index contributed by atoms with van der Waals surface area (Å²) in [6.07, 6.45) is 0.0461. The number of hydrogen-bond acceptors (Lipinski definition) is 3. The number of aliphatic carboxylic acids is 2. The molecule has 0 aliphatic rings. The lowest BCUT2D eigenvalue weighted by Gasteiger charge is -2.11. The van der Waals surface area contributed by atoms with Crippen LogP contribution in [0.5, 0.6) is 0 Å². The lowest BCUT2D eigenvalue weighted by Crippen LogP contribution is -2.21. The van der Waals surface area contributed by atoms with Crippen molar-refractivity contribution < 1.29 is 24.5 Å². The number of carboxylic acid groups (broad SMARTS) is 2. The highest BCUT2D eigenvalue weighted by Gasteiger charge is 2.16. The van der Waals surface area contributed by atoms with Crippen LogP contribution in [0.4, 0.5) is 0 Å². The van der Waals surface area contributed by atoms with Crippen LogP contribution in [0.15, 0.2) is 12.7 Å². The van der Waals surface area contributed by atoms with Crippen molar-refractivity contribution in [1.82, 2.24) is 0 Å². The fraction of sp³-hybridized carbons (Fsp3) is 0.500. The van der Waals surface area contributed by atoms with E-state index in [1.807, 2.05) is 0 Å². The van der Waals surface area contributed by atoms with Crippen molar-refractivity contribution in [1.29, 1.82) is 0 Å². The molecule has 0 saturated carbocycles. The van der Waals surface area contributed by atoms with Crippen LogP contribution in [-0.4, -0.2) is 34.9 Å². The van der Waals surface area contributed by atoms with Crippen LogP contribution in [0.25, 0.3) is 0 Å². The lowest BCUT2D eigenvalue weighted by molar-refractivity contribution is -0.144. The smallest absolute Gasteiger partial charge is 0.305 e. The number of hydrogen-bond donors (Lipinski definition) is 2. The van der Waals surface area contributed by atoms with Crippen LogP contribution in [0.1, 0.15) is 12.8 Å². The average molecular weight is 188 g/mol. The molecule has 0 fully saturated rings. The van der Waals surface area contributed by atoms with Gasteiger partial charge in [-0.25, -0.2) is 0 Å². The SMILES string of the molecule is C=CCOC(CC(=O)O)CC(=O)O. The summed E-state index contributed by atoms with van der Waals surface area (Å²) in [5.74, 6) is -2.15. The summed E-state index contributed by atoms with van der Waals surface area (Å²) >= 11 is 0. The molecule has 0 amide bonds. The van der Waals surface area contributed by atoms with E-state index in [1.165, 1.54) is 6.08 Å². The van der Waals surface area contributed by atoms with Crippen molar-refractivity contribution in [2.75, 3.05) is 6.61 Å². The van der Waals surface area contributed by atoms with Crippen molar-refractivity contribution in [2.24, 2.45) is 0 Å². The Bertz CT molecular complexity index is 183. The highest BCUT2D eigenvalue weighted by Crippen LogP contribution is 2.04. The average Bonchev–Trinajstić information content (AvgIpc) is 1.98. The van der Waals surface area contributed by atoms with Gasteiger partial charge in [0.05, 0.1) is 25.6 Å². The van der Waals surface area contributed by atoms with E-state index in [-0.39, 0.29) is 19.4 Å². The molecule has 0 heterocycles. The molecule has 0 aromatic carbocycles. The van der Waals surface area contributed by atoms with Gasteiger partial charge in [0.25, 0.3) is 0 Å². The standard InChI is InChI=1S/C8H12O5/c1-2-3-13-6(4-7(9)10)5-8(11)12/h2,6H,1,3-5H2,(H,9,10)(H,11,12). The summed E-state index contributed by atoms with van der Waals surface area (Å²) in [5.41, 5.74) is 0. The second-order valence-electron chi connectivity index (χ2n) is 2.44. The minimum absolute atomic E-state index is 0.158. The molecule has 0 aliphatic carbocycles. The zero-order valence-electron chi connectivity index (χ0n) is 7.10. The Kier molecular flexibility index (Phi) is 5.54. The van der Waals surface area contributed by atoms with E-state index >= 15 is 0 Å². The van der Waals surface area contributed by atoms with Gasteiger partial charge in [0.15, 0.2) is 0 Å². The Hall–Kier alpha value is -1.36. The van der Waals surface area contributed by atoms with Gasteiger partial charge < -0.3 is 14.9 Å². The minimum Gasteiger partial charge on any atom is -0.481 e. The third-order valence-electron chi connectivity index (χ3n) is 1.25. The highest BCUT2D eigenvalue weighted by molar-refractivity contribution is 5.71. The molecule has 0 aliphatic heterocycles. The van der Waals surface area contributed by atoms with E-state index in [4.69, 9.17) is 14.9 Å². The molecule has 0 aromatic rings. The quantitative estimate of drug-likeness (QED) is 0.568. The van der Waals surface area contributed by atoms with E-state index in [9.17, 15) is 9.59 Å². The van der Waals surface area contributed by atoms with Gasteiger partial charge in [-0.3, -0.25) is 9.59 Å². The van der Waals surface area contributed by atoms with Crippen molar-refractivity contribution in [3.8, 4) is 0 Å². The third-order valence-corrected chi connectivity index (χ3v) is 1.25. The molecule has 13 heavy (non-hydrogen) atoms. The first-order chi connectivity index (χ1) is 6.06. The summed E-state index contributed by atoms with van der Waals surface area (Å²) in [5, 5.41) is 16.8. The topological polar surface area (TPSA) is 83.8 Å². The first kappa shape index (κ1) is 11.6. The monoisotopic (exact) mass is 188 g/mol. The van der Waals surface area contributed by atoms with Crippen molar-refractivity contribution in [3.05, 3.63) is 12.7 Å².